The molecule has 0 unspecified atom stereocenters. The number of ether oxygens (including phenoxy) is 2. The molecule has 0 aliphatic rings. The Bertz CT molecular complexity index is 1460. The van der Waals surface area contributed by atoms with E-state index in [0.29, 0.717) is 29.7 Å². The zero-order chi connectivity index (χ0) is 26.7. The fraction of sp³-hybridized carbons (Fsp3) is 0.312. The van der Waals surface area contributed by atoms with Gasteiger partial charge in [0.05, 0.1) is 11.5 Å². The molecule has 5 heteroatoms. The minimum absolute atomic E-state index is 0.0862. The van der Waals surface area contributed by atoms with Crippen molar-refractivity contribution >= 4 is 33.5 Å². The van der Waals surface area contributed by atoms with E-state index in [9.17, 15) is 14.7 Å². The molecule has 0 spiro atoms. The largest absolute Gasteiger partial charge is 0.507 e. The molecule has 4 rings (SSSR count). The van der Waals surface area contributed by atoms with Gasteiger partial charge in [-0.3, -0.25) is 9.59 Å². The van der Waals surface area contributed by atoms with Crippen molar-refractivity contribution in [3.05, 3.63) is 72.3 Å². The third-order valence-corrected chi connectivity index (χ3v) is 6.54. The quantitative estimate of drug-likeness (QED) is 0.210. The van der Waals surface area contributed by atoms with Crippen LogP contribution in [-0.2, 0) is 20.7 Å². The van der Waals surface area contributed by atoms with Crippen LogP contribution >= 0.6 is 0 Å². The minimum Gasteiger partial charge on any atom is -0.507 e. The molecule has 0 saturated carbocycles. The number of benzene rings is 4. The topological polar surface area (TPSA) is 72.8 Å². The highest BCUT2D eigenvalue weighted by atomic mass is 16.5. The van der Waals surface area contributed by atoms with E-state index >= 15 is 0 Å². The first-order valence-electron chi connectivity index (χ1n) is 12.8. The fourth-order valence-electron chi connectivity index (χ4n) is 4.25. The van der Waals surface area contributed by atoms with Crippen molar-refractivity contribution in [3.8, 4) is 22.6 Å². The van der Waals surface area contributed by atoms with Crippen molar-refractivity contribution in [1.29, 1.82) is 0 Å². The predicted octanol–water partition coefficient (Wildman–Crippen LogP) is 7.59. The molecule has 0 heterocycles. The number of rotatable bonds is 7. The first-order valence-corrected chi connectivity index (χ1v) is 12.8. The smallest absolute Gasteiger partial charge is 0.316 e. The highest BCUT2D eigenvalue weighted by Gasteiger charge is 2.26. The number of esters is 2. The number of phenolic OH excluding ortho intramolecular Hbond substituents is 1. The Morgan fingerprint density at radius 3 is 2.32 bits per heavy atom. The third-order valence-electron chi connectivity index (χ3n) is 6.54. The summed E-state index contributed by atoms with van der Waals surface area (Å²) in [5.41, 5.74) is 1.59. The Morgan fingerprint density at radius 2 is 1.59 bits per heavy atom. The Balaban J connectivity index is 1.80. The molecule has 192 valence electrons. The van der Waals surface area contributed by atoms with Crippen LogP contribution in [0.5, 0.6) is 11.5 Å². The van der Waals surface area contributed by atoms with Crippen LogP contribution in [0.3, 0.4) is 0 Å². The van der Waals surface area contributed by atoms with Crippen LogP contribution in [-0.4, -0.2) is 23.1 Å². The lowest BCUT2D eigenvalue weighted by Crippen LogP contribution is -2.25. The van der Waals surface area contributed by atoms with Gasteiger partial charge in [-0.05, 0) is 79.8 Å². The van der Waals surface area contributed by atoms with Gasteiger partial charge in [0.2, 0.25) is 0 Å². The molecule has 5 nitrogen and oxygen atoms in total. The molecule has 0 aliphatic heterocycles. The lowest BCUT2D eigenvalue weighted by atomic mass is 9.91. The molecule has 0 radical (unpaired) electrons. The molecule has 37 heavy (non-hydrogen) atoms. The van der Waals surface area contributed by atoms with Crippen LogP contribution in [0.2, 0.25) is 0 Å². The summed E-state index contributed by atoms with van der Waals surface area (Å²) in [4.78, 5) is 25.0. The summed E-state index contributed by atoms with van der Waals surface area (Å²) in [6.45, 7) is 9.31. The predicted molar refractivity (Wildman–Crippen MR) is 148 cm³/mol. The van der Waals surface area contributed by atoms with Gasteiger partial charge >= 0.3 is 11.9 Å². The van der Waals surface area contributed by atoms with E-state index in [4.69, 9.17) is 9.47 Å². The van der Waals surface area contributed by atoms with Crippen LogP contribution in [0.4, 0.5) is 0 Å². The monoisotopic (exact) mass is 498 g/mol. The Labute approximate surface area is 218 Å². The first kappa shape index (κ1) is 26.2. The van der Waals surface area contributed by atoms with Crippen LogP contribution in [0.15, 0.2) is 66.7 Å². The van der Waals surface area contributed by atoms with E-state index in [1.54, 1.807) is 12.1 Å². The molecule has 0 aliphatic carbocycles. The van der Waals surface area contributed by atoms with Crippen molar-refractivity contribution in [2.75, 3.05) is 0 Å². The fourth-order valence-corrected chi connectivity index (χ4v) is 4.25. The number of hydrogen-bond acceptors (Lipinski definition) is 5. The molecule has 0 aromatic heterocycles. The van der Waals surface area contributed by atoms with Gasteiger partial charge in [0.15, 0.2) is 0 Å². The SMILES string of the molecule is CC[C@H](C)OC(=O)CCc1ccc2c(-c3c(OC(=O)C(C)(C)C)ccc4ccccc34)c(O)ccc2c1. The van der Waals surface area contributed by atoms with Crippen molar-refractivity contribution < 1.29 is 24.2 Å². The average molecular weight is 499 g/mol. The molecular weight excluding hydrogens is 464 g/mol. The molecule has 0 bridgehead atoms. The zero-order valence-corrected chi connectivity index (χ0v) is 22.1. The van der Waals surface area contributed by atoms with Gasteiger partial charge in [0.25, 0.3) is 0 Å². The van der Waals surface area contributed by atoms with E-state index in [1.807, 2.05) is 89.2 Å². The molecule has 0 saturated heterocycles. The second-order valence-corrected chi connectivity index (χ2v) is 10.5. The van der Waals surface area contributed by atoms with Crippen molar-refractivity contribution in [2.24, 2.45) is 5.41 Å². The summed E-state index contributed by atoms with van der Waals surface area (Å²) >= 11 is 0. The average Bonchev–Trinajstić information content (AvgIpc) is 2.87. The van der Waals surface area contributed by atoms with Gasteiger partial charge in [0.1, 0.15) is 11.5 Å². The molecule has 0 fully saturated rings. The third kappa shape index (κ3) is 5.77. The van der Waals surface area contributed by atoms with Gasteiger partial charge < -0.3 is 14.6 Å². The van der Waals surface area contributed by atoms with Crippen molar-refractivity contribution in [3.63, 3.8) is 0 Å². The van der Waals surface area contributed by atoms with Gasteiger partial charge in [0, 0.05) is 17.5 Å². The molecule has 1 N–H and O–H groups in total. The number of aryl methyl sites for hydroxylation is 1. The van der Waals surface area contributed by atoms with Crippen LogP contribution in [0, 0.1) is 5.41 Å². The van der Waals surface area contributed by atoms with E-state index in [2.05, 4.69) is 0 Å². The number of aromatic hydroxyl groups is 1. The van der Waals surface area contributed by atoms with Gasteiger partial charge in [-0.25, -0.2) is 0 Å². The van der Waals surface area contributed by atoms with E-state index in [1.165, 1.54) is 0 Å². The summed E-state index contributed by atoms with van der Waals surface area (Å²) < 4.78 is 11.3. The van der Waals surface area contributed by atoms with Crippen LogP contribution in [0.1, 0.15) is 53.0 Å². The van der Waals surface area contributed by atoms with Crippen LogP contribution < -0.4 is 4.74 Å². The van der Waals surface area contributed by atoms with E-state index < -0.39 is 5.41 Å². The minimum atomic E-state index is -0.686. The van der Waals surface area contributed by atoms with Crippen molar-refractivity contribution in [2.45, 2.75) is 60.0 Å². The standard InChI is InChI=1S/C32H34O5/c1-6-20(2)36-28(34)18-12-21-11-15-25-23(19-21)13-16-26(33)29(25)30-24-10-8-7-9-22(24)14-17-27(30)37-31(35)32(3,4)5/h7-11,13-17,19-20,33H,6,12,18H2,1-5H3/t20-/m0/s1. The molecular formula is C32H34O5. The number of fused-ring (bicyclic) bond motifs is 2. The van der Waals surface area contributed by atoms with Gasteiger partial charge in [-0.2, -0.15) is 0 Å². The molecule has 1 atom stereocenters. The highest BCUT2D eigenvalue weighted by molar-refractivity contribution is 6.10. The van der Waals surface area contributed by atoms with Crippen molar-refractivity contribution in [1.82, 2.24) is 0 Å². The summed E-state index contributed by atoms with van der Waals surface area (Å²) in [6, 6.07) is 21.0. The highest BCUT2D eigenvalue weighted by Crippen LogP contribution is 2.45. The summed E-state index contributed by atoms with van der Waals surface area (Å²) in [5.74, 6) is -0.0580. The van der Waals surface area contributed by atoms with Gasteiger partial charge in [-0.15, -0.1) is 0 Å². The van der Waals surface area contributed by atoms with E-state index in [-0.39, 0.29) is 23.8 Å². The molecule has 4 aromatic rings. The maximum absolute atomic E-state index is 12.8. The Kier molecular flexibility index (Phi) is 7.53. The zero-order valence-electron chi connectivity index (χ0n) is 22.1. The summed E-state index contributed by atoms with van der Waals surface area (Å²) in [7, 11) is 0. The second kappa shape index (κ2) is 10.6. The number of carbonyl (C=O) groups excluding carboxylic acids is 2. The lowest BCUT2D eigenvalue weighted by Gasteiger charge is -2.20. The van der Waals surface area contributed by atoms with E-state index in [0.717, 1.165) is 33.5 Å². The number of carbonyl (C=O) groups is 2. The maximum atomic E-state index is 12.8. The summed E-state index contributed by atoms with van der Waals surface area (Å²) in [5, 5.41) is 14.7. The van der Waals surface area contributed by atoms with Gasteiger partial charge in [-0.1, -0.05) is 61.5 Å². The molecule has 4 aromatic carbocycles. The summed E-state index contributed by atoms with van der Waals surface area (Å²) in [6.07, 6.45) is 1.56. The number of hydrogen-bond donors (Lipinski definition) is 1. The normalized spacial score (nSPS) is 12.5. The Hall–Kier alpha value is -3.86. The van der Waals surface area contributed by atoms with Crippen LogP contribution in [0.25, 0.3) is 32.7 Å². The molecule has 0 amide bonds. The first-order chi connectivity index (χ1) is 17.6. The lowest BCUT2D eigenvalue weighted by molar-refractivity contribution is -0.148. The Morgan fingerprint density at radius 1 is 0.892 bits per heavy atom. The number of phenols is 1. The second-order valence-electron chi connectivity index (χ2n) is 10.5. The maximum Gasteiger partial charge on any atom is 0.316 e.